The van der Waals surface area contributed by atoms with Crippen LogP contribution in [0.5, 0.6) is 5.75 Å². The number of carbonyl (C=O) groups excluding carboxylic acids is 2. The molecule has 0 aliphatic heterocycles. The van der Waals surface area contributed by atoms with E-state index in [2.05, 4.69) is 5.32 Å². The van der Waals surface area contributed by atoms with Gasteiger partial charge in [0.25, 0.3) is 5.91 Å². The van der Waals surface area contributed by atoms with E-state index in [0.717, 1.165) is 11.8 Å². The molecule has 0 bridgehead atoms. The smallest absolute Gasteiger partial charge is 0.339 e. The summed E-state index contributed by atoms with van der Waals surface area (Å²) in [6.07, 6.45) is -0.219. The monoisotopic (exact) mass is 453 g/mol. The Kier molecular flexibility index (Phi) is 6.95. The first-order valence-corrected chi connectivity index (χ1v) is 11.6. The van der Waals surface area contributed by atoms with Crippen molar-refractivity contribution >= 4 is 27.4 Å². The highest BCUT2D eigenvalue weighted by Crippen LogP contribution is 2.28. The topological polar surface area (TPSA) is 98.8 Å². The summed E-state index contributed by atoms with van der Waals surface area (Å²) < 4.78 is 34.5. The maximum absolute atomic E-state index is 13.1. The molecular weight excluding hydrogens is 430 g/mol. The van der Waals surface area contributed by atoms with Crippen LogP contribution in [-0.4, -0.2) is 33.7 Å². The van der Waals surface area contributed by atoms with Crippen molar-refractivity contribution in [2.45, 2.75) is 17.9 Å². The number of benzene rings is 3. The summed E-state index contributed by atoms with van der Waals surface area (Å²) in [5.41, 5.74) is 1.83. The van der Waals surface area contributed by atoms with Gasteiger partial charge in [-0.3, -0.25) is 4.79 Å². The lowest BCUT2D eigenvalue weighted by Gasteiger charge is -2.19. The zero-order valence-corrected chi connectivity index (χ0v) is 18.7. The Labute approximate surface area is 186 Å². The normalized spacial score (nSPS) is 12.0. The van der Waals surface area contributed by atoms with Crippen molar-refractivity contribution in [3.8, 4) is 5.75 Å². The number of rotatable bonds is 7. The lowest BCUT2D eigenvalue weighted by atomic mass is 10.1. The minimum atomic E-state index is -3.51. The van der Waals surface area contributed by atoms with Gasteiger partial charge in [-0.2, -0.15) is 0 Å². The standard InChI is InChI=1S/C24H23NO6S/c1-16-12-13-21(30-2)20(14-16)25-23(26)22(17-8-5-4-6-9-17)31-24(27)18-10-7-11-19(15-18)32(3,28)29/h4-15,22H,1-3H3,(H,25,26). The van der Waals surface area contributed by atoms with Crippen LogP contribution in [0.15, 0.2) is 77.7 Å². The molecule has 1 atom stereocenters. The molecule has 3 aromatic rings. The van der Waals surface area contributed by atoms with Crippen molar-refractivity contribution in [3.63, 3.8) is 0 Å². The number of hydrogen-bond acceptors (Lipinski definition) is 6. The fraction of sp³-hybridized carbons (Fsp3) is 0.167. The van der Waals surface area contributed by atoms with Gasteiger partial charge in [0.2, 0.25) is 6.10 Å². The number of aryl methyl sites for hydroxylation is 1. The van der Waals surface area contributed by atoms with Crippen molar-refractivity contribution in [2.24, 2.45) is 0 Å². The highest BCUT2D eigenvalue weighted by molar-refractivity contribution is 7.90. The minimum Gasteiger partial charge on any atom is -0.495 e. The van der Waals surface area contributed by atoms with Gasteiger partial charge in [-0.05, 0) is 42.8 Å². The van der Waals surface area contributed by atoms with E-state index in [4.69, 9.17) is 9.47 Å². The van der Waals surface area contributed by atoms with Crippen molar-refractivity contribution in [1.82, 2.24) is 0 Å². The molecule has 0 aliphatic rings. The van der Waals surface area contributed by atoms with Gasteiger partial charge in [-0.15, -0.1) is 0 Å². The lowest BCUT2D eigenvalue weighted by Crippen LogP contribution is -2.26. The summed E-state index contributed by atoms with van der Waals surface area (Å²) in [5, 5.41) is 2.76. The van der Waals surface area contributed by atoms with Crippen LogP contribution in [0.1, 0.15) is 27.6 Å². The van der Waals surface area contributed by atoms with Gasteiger partial charge < -0.3 is 14.8 Å². The van der Waals surface area contributed by atoms with E-state index in [1.807, 2.05) is 13.0 Å². The van der Waals surface area contributed by atoms with Crippen molar-refractivity contribution < 1.29 is 27.5 Å². The fourth-order valence-corrected chi connectivity index (χ4v) is 3.71. The van der Waals surface area contributed by atoms with Crippen molar-refractivity contribution in [1.29, 1.82) is 0 Å². The Bertz CT molecular complexity index is 1240. The number of esters is 1. The SMILES string of the molecule is COc1ccc(C)cc1NC(=O)C(OC(=O)c1cccc(S(C)(=O)=O)c1)c1ccccc1. The third-order valence-corrected chi connectivity index (χ3v) is 5.79. The Hall–Kier alpha value is -3.65. The average Bonchev–Trinajstić information content (AvgIpc) is 2.77. The van der Waals surface area contributed by atoms with Crippen LogP contribution in [0.25, 0.3) is 0 Å². The van der Waals surface area contributed by atoms with Crippen LogP contribution in [0.2, 0.25) is 0 Å². The van der Waals surface area contributed by atoms with E-state index < -0.39 is 27.8 Å². The molecule has 0 fully saturated rings. The molecule has 0 heterocycles. The average molecular weight is 454 g/mol. The van der Waals surface area contributed by atoms with E-state index in [1.165, 1.54) is 31.4 Å². The molecule has 3 aromatic carbocycles. The van der Waals surface area contributed by atoms with Crippen LogP contribution in [0.3, 0.4) is 0 Å². The van der Waals surface area contributed by atoms with Crippen LogP contribution in [0, 0.1) is 6.92 Å². The largest absolute Gasteiger partial charge is 0.495 e. The van der Waals surface area contributed by atoms with Gasteiger partial charge in [0, 0.05) is 11.8 Å². The summed E-state index contributed by atoms with van der Waals surface area (Å²) >= 11 is 0. The molecule has 1 unspecified atom stereocenters. The van der Waals surface area contributed by atoms with Gasteiger partial charge in [-0.25, -0.2) is 13.2 Å². The van der Waals surface area contributed by atoms with Crippen LogP contribution in [0.4, 0.5) is 5.69 Å². The number of sulfone groups is 1. The maximum atomic E-state index is 13.1. The van der Waals surface area contributed by atoms with Crippen molar-refractivity contribution in [3.05, 3.63) is 89.5 Å². The molecule has 32 heavy (non-hydrogen) atoms. The Morgan fingerprint density at radius 3 is 2.31 bits per heavy atom. The molecule has 8 heteroatoms. The van der Waals surface area contributed by atoms with Crippen LogP contribution >= 0.6 is 0 Å². The molecule has 0 aliphatic carbocycles. The summed E-state index contributed by atoms with van der Waals surface area (Å²) in [4.78, 5) is 25.9. The molecule has 0 radical (unpaired) electrons. The number of carbonyl (C=O) groups is 2. The number of ether oxygens (including phenoxy) is 2. The maximum Gasteiger partial charge on any atom is 0.339 e. The van der Waals surface area contributed by atoms with Crippen LogP contribution in [-0.2, 0) is 19.4 Å². The van der Waals surface area contributed by atoms with E-state index in [9.17, 15) is 18.0 Å². The fourth-order valence-electron chi connectivity index (χ4n) is 3.05. The number of hydrogen-bond donors (Lipinski definition) is 1. The molecule has 166 valence electrons. The Morgan fingerprint density at radius 2 is 1.66 bits per heavy atom. The molecule has 0 saturated heterocycles. The number of methoxy groups -OCH3 is 1. The third-order valence-electron chi connectivity index (χ3n) is 4.68. The van der Waals surface area contributed by atoms with E-state index in [1.54, 1.807) is 42.5 Å². The predicted molar refractivity (Wildman–Crippen MR) is 121 cm³/mol. The summed E-state index contributed by atoms with van der Waals surface area (Å²) in [6.45, 7) is 1.87. The van der Waals surface area contributed by atoms with Gasteiger partial charge in [-0.1, -0.05) is 42.5 Å². The second-order valence-corrected chi connectivity index (χ2v) is 9.20. The highest BCUT2D eigenvalue weighted by Gasteiger charge is 2.27. The van der Waals surface area contributed by atoms with Gasteiger partial charge in [0.15, 0.2) is 9.84 Å². The highest BCUT2D eigenvalue weighted by atomic mass is 32.2. The molecule has 1 N–H and O–H groups in total. The van der Waals surface area contributed by atoms with Gasteiger partial charge in [0.05, 0.1) is 23.3 Å². The predicted octanol–water partition coefficient (Wildman–Crippen LogP) is 3.94. The van der Waals surface area contributed by atoms with E-state index in [0.29, 0.717) is 17.0 Å². The number of amides is 1. The first kappa shape index (κ1) is 23.0. The molecule has 0 spiro atoms. The second-order valence-electron chi connectivity index (χ2n) is 7.19. The lowest BCUT2D eigenvalue weighted by molar-refractivity contribution is -0.125. The molecule has 3 rings (SSSR count). The zero-order chi connectivity index (χ0) is 23.3. The van der Waals surface area contributed by atoms with Gasteiger partial charge >= 0.3 is 5.97 Å². The second kappa shape index (κ2) is 9.65. The summed E-state index contributed by atoms with van der Waals surface area (Å²) in [7, 11) is -2.02. The molecular formula is C24H23NO6S. The molecule has 0 saturated carbocycles. The molecule has 0 aromatic heterocycles. The first-order chi connectivity index (χ1) is 15.2. The van der Waals surface area contributed by atoms with E-state index >= 15 is 0 Å². The molecule has 7 nitrogen and oxygen atoms in total. The van der Waals surface area contributed by atoms with E-state index in [-0.39, 0.29) is 10.5 Å². The Morgan fingerprint density at radius 1 is 0.938 bits per heavy atom. The number of nitrogens with one attached hydrogen (secondary N) is 1. The first-order valence-electron chi connectivity index (χ1n) is 9.70. The Balaban J connectivity index is 1.92. The van der Waals surface area contributed by atoms with Crippen molar-refractivity contribution in [2.75, 3.05) is 18.7 Å². The molecule has 1 amide bonds. The van der Waals surface area contributed by atoms with Crippen LogP contribution < -0.4 is 10.1 Å². The minimum absolute atomic E-state index is 0.0165. The summed E-state index contributed by atoms with van der Waals surface area (Å²) in [5.74, 6) is -0.939. The van der Waals surface area contributed by atoms with Gasteiger partial charge in [0.1, 0.15) is 5.75 Å². The third kappa shape index (κ3) is 5.53. The summed E-state index contributed by atoms with van der Waals surface area (Å²) in [6, 6.07) is 19.4. The zero-order valence-electron chi connectivity index (χ0n) is 17.9. The quantitative estimate of drug-likeness (QED) is 0.544. The number of anilines is 1.